The summed E-state index contributed by atoms with van der Waals surface area (Å²) in [4.78, 5) is 41.9. The lowest BCUT2D eigenvalue weighted by Gasteiger charge is -2.13. The van der Waals surface area contributed by atoms with E-state index in [0.717, 1.165) is 4.90 Å². The summed E-state index contributed by atoms with van der Waals surface area (Å²) in [5, 5.41) is 2.58. The average Bonchev–Trinajstić information content (AvgIpc) is 3.11. The van der Waals surface area contributed by atoms with Crippen LogP contribution in [0.3, 0.4) is 0 Å². The van der Waals surface area contributed by atoms with E-state index in [1.807, 2.05) is 0 Å². The number of nitrogens with one attached hydrogen (secondary N) is 2. The molecule has 2 aliphatic rings. The van der Waals surface area contributed by atoms with Crippen LogP contribution in [0, 0.1) is 0 Å². The Morgan fingerprint density at radius 1 is 0.966 bits per heavy atom. The molecule has 0 fully saturated rings. The number of carbonyl (C=O) groups excluding carboxylic acids is 3. The second kappa shape index (κ2) is 7.13. The molecule has 0 radical (unpaired) electrons. The Morgan fingerprint density at radius 3 is 2.21 bits per heavy atom. The van der Waals surface area contributed by atoms with E-state index in [9.17, 15) is 22.8 Å². The summed E-state index contributed by atoms with van der Waals surface area (Å²) in [5.74, 6) is -1.29. The van der Waals surface area contributed by atoms with E-state index in [0.29, 0.717) is 5.56 Å². The first kappa shape index (κ1) is 18.8. The van der Waals surface area contributed by atoms with Crippen molar-refractivity contribution < 1.29 is 22.8 Å². The molecule has 2 aromatic carbocycles. The zero-order valence-electron chi connectivity index (χ0n) is 15.1. The van der Waals surface area contributed by atoms with Crippen molar-refractivity contribution >= 4 is 33.6 Å². The van der Waals surface area contributed by atoms with Crippen LogP contribution in [0.1, 0.15) is 26.3 Å². The number of imide groups is 1. The van der Waals surface area contributed by atoms with Gasteiger partial charge < -0.3 is 5.32 Å². The first-order valence-corrected chi connectivity index (χ1v) is 10.3. The molecule has 0 spiro atoms. The second-order valence-electron chi connectivity index (χ2n) is 6.42. The number of hydrogen-bond donors (Lipinski definition) is 2. The van der Waals surface area contributed by atoms with E-state index < -0.39 is 34.3 Å². The highest BCUT2D eigenvalue weighted by Crippen LogP contribution is 2.23. The molecule has 9 nitrogen and oxygen atoms in total. The van der Waals surface area contributed by atoms with Crippen molar-refractivity contribution in [1.29, 1.82) is 0 Å². The monoisotopic (exact) mass is 412 g/mol. The Kier molecular flexibility index (Phi) is 4.63. The zero-order chi connectivity index (χ0) is 20.6. The maximum absolute atomic E-state index is 12.3. The fourth-order valence-corrected chi connectivity index (χ4v) is 4.45. The maximum Gasteiger partial charge on any atom is 0.263 e. The number of amidine groups is 1. The molecule has 0 aromatic heterocycles. The number of nitrogens with zero attached hydrogens (tertiary/aromatic N) is 2. The molecule has 4 rings (SSSR count). The molecule has 148 valence electrons. The number of fused-ring (bicyclic) bond motifs is 2. The van der Waals surface area contributed by atoms with Gasteiger partial charge in [-0.15, -0.1) is 0 Å². The van der Waals surface area contributed by atoms with Crippen molar-refractivity contribution in [3.05, 3.63) is 65.2 Å². The quantitative estimate of drug-likeness (QED) is 0.534. The van der Waals surface area contributed by atoms with Gasteiger partial charge >= 0.3 is 0 Å². The van der Waals surface area contributed by atoms with Gasteiger partial charge in [-0.05, 0) is 24.3 Å². The summed E-state index contributed by atoms with van der Waals surface area (Å²) in [6, 6.07) is 12.9. The van der Waals surface area contributed by atoms with Gasteiger partial charge in [0.25, 0.3) is 21.8 Å². The van der Waals surface area contributed by atoms with Gasteiger partial charge in [0.15, 0.2) is 0 Å². The first-order chi connectivity index (χ1) is 13.9. The van der Waals surface area contributed by atoms with E-state index in [2.05, 4.69) is 15.0 Å². The van der Waals surface area contributed by atoms with Crippen LogP contribution in [0.2, 0.25) is 0 Å². The van der Waals surface area contributed by atoms with Crippen LogP contribution in [-0.4, -0.2) is 56.5 Å². The third-order valence-electron chi connectivity index (χ3n) is 4.55. The van der Waals surface area contributed by atoms with Crippen LogP contribution in [-0.2, 0) is 14.8 Å². The molecule has 0 atom stereocenters. The van der Waals surface area contributed by atoms with Crippen LogP contribution in [0.4, 0.5) is 0 Å². The molecule has 0 aliphatic carbocycles. The largest absolute Gasteiger partial charge is 0.353 e. The van der Waals surface area contributed by atoms with E-state index in [-0.39, 0.29) is 34.9 Å². The Bertz CT molecular complexity index is 1140. The number of aliphatic imine (C=N–C) groups is 1. The van der Waals surface area contributed by atoms with Crippen molar-refractivity contribution in [2.45, 2.75) is 4.90 Å². The molecule has 0 bridgehead atoms. The van der Waals surface area contributed by atoms with Gasteiger partial charge in [-0.3, -0.25) is 29.0 Å². The number of amides is 3. The van der Waals surface area contributed by atoms with Gasteiger partial charge in [0.2, 0.25) is 5.91 Å². The summed E-state index contributed by atoms with van der Waals surface area (Å²) in [6.07, 6.45) is 0. The number of benzene rings is 2. The van der Waals surface area contributed by atoms with Crippen LogP contribution >= 0.6 is 0 Å². The smallest absolute Gasteiger partial charge is 0.263 e. The molecule has 2 aromatic rings. The molecular formula is C19H16N4O5S. The highest BCUT2D eigenvalue weighted by Gasteiger charge is 2.36. The van der Waals surface area contributed by atoms with E-state index in [1.165, 1.54) is 6.07 Å². The summed E-state index contributed by atoms with van der Waals surface area (Å²) >= 11 is 0. The molecule has 2 N–H and O–H groups in total. The molecule has 0 unspecified atom stereocenters. The summed E-state index contributed by atoms with van der Waals surface area (Å²) < 4.78 is 26.4. The Morgan fingerprint density at radius 2 is 1.55 bits per heavy atom. The van der Waals surface area contributed by atoms with Gasteiger partial charge in [-0.1, -0.05) is 24.3 Å². The van der Waals surface area contributed by atoms with Gasteiger partial charge in [0, 0.05) is 12.1 Å². The van der Waals surface area contributed by atoms with Gasteiger partial charge in [0.1, 0.15) is 12.4 Å². The third kappa shape index (κ3) is 3.38. The predicted molar refractivity (Wildman–Crippen MR) is 103 cm³/mol. The van der Waals surface area contributed by atoms with Gasteiger partial charge in [-0.2, -0.15) is 0 Å². The van der Waals surface area contributed by atoms with E-state index in [4.69, 9.17) is 0 Å². The predicted octanol–water partition coefficient (Wildman–Crippen LogP) is 0.138. The van der Waals surface area contributed by atoms with Crippen molar-refractivity contribution in [2.75, 3.05) is 19.6 Å². The van der Waals surface area contributed by atoms with Crippen molar-refractivity contribution in [2.24, 2.45) is 4.99 Å². The lowest BCUT2D eigenvalue weighted by Crippen LogP contribution is -2.41. The minimum Gasteiger partial charge on any atom is -0.353 e. The summed E-state index contributed by atoms with van der Waals surface area (Å²) in [7, 11) is -3.61. The average molecular weight is 412 g/mol. The Hall–Kier alpha value is -3.53. The SMILES string of the molecule is O=C(CN1C(=O)c2ccccc2C1=O)NCCN=C1NS(=O)(=O)c2ccccc21. The number of sulfonamides is 1. The number of carbonyl (C=O) groups is 3. The van der Waals surface area contributed by atoms with E-state index in [1.54, 1.807) is 42.5 Å². The Labute approximate surface area is 166 Å². The fourth-order valence-electron chi connectivity index (χ4n) is 3.20. The Balaban J connectivity index is 1.33. The maximum atomic E-state index is 12.3. The zero-order valence-corrected chi connectivity index (χ0v) is 15.9. The third-order valence-corrected chi connectivity index (χ3v) is 5.94. The molecule has 10 heteroatoms. The molecule has 0 saturated carbocycles. The van der Waals surface area contributed by atoms with Crippen molar-refractivity contribution in [1.82, 2.24) is 14.9 Å². The lowest BCUT2D eigenvalue weighted by atomic mass is 10.1. The molecule has 3 amide bonds. The molecular weight excluding hydrogens is 396 g/mol. The number of hydrogen-bond acceptors (Lipinski definition) is 6. The van der Waals surface area contributed by atoms with Crippen molar-refractivity contribution in [3.63, 3.8) is 0 Å². The van der Waals surface area contributed by atoms with E-state index >= 15 is 0 Å². The number of rotatable bonds is 5. The molecule has 2 heterocycles. The highest BCUT2D eigenvalue weighted by atomic mass is 32.2. The van der Waals surface area contributed by atoms with Gasteiger partial charge in [-0.25, -0.2) is 8.42 Å². The second-order valence-corrected chi connectivity index (χ2v) is 8.07. The van der Waals surface area contributed by atoms with Gasteiger partial charge in [0.05, 0.1) is 22.6 Å². The highest BCUT2D eigenvalue weighted by molar-refractivity contribution is 7.90. The molecule has 2 aliphatic heterocycles. The minimum atomic E-state index is -3.61. The minimum absolute atomic E-state index is 0.120. The first-order valence-electron chi connectivity index (χ1n) is 8.77. The van der Waals surface area contributed by atoms with Crippen LogP contribution in [0.5, 0.6) is 0 Å². The molecule has 29 heavy (non-hydrogen) atoms. The van der Waals surface area contributed by atoms with Crippen LogP contribution in [0.15, 0.2) is 58.4 Å². The fraction of sp³-hybridized carbons (Fsp3) is 0.158. The topological polar surface area (TPSA) is 125 Å². The summed E-state index contributed by atoms with van der Waals surface area (Å²) in [6.45, 7) is -0.145. The van der Waals surface area contributed by atoms with Crippen LogP contribution < -0.4 is 10.0 Å². The van der Waals surface area contributed by atoms with Crippen LogP contribution in [0.25, 0.3) is 0 Å². The summed E-state index contributed by atoms with van der Waals surface area (Å²) in [5.41, 5.74) is 1.04. The standard InChI is InChI=1S/C19H16N4O5S/c24-16(11-23-18(25)12-5-1-2-6-13(12)19(23)26)20-9-10-21-17-14-7-3-4-8-15(14)29(27,28)22-17/h1-8H,9-11H2,(H,20,24)(H,21,22). The molecule has 0 saturated heterocycles. The lowest BCUT2D eigenvalue weighted by molar-refractivity contribution is -0.121. The normalized spacial score (nSPS) is 17.8. The van der Waals surface area contributed by atoms with Crippen molar-refractivity contribution in [3.8, 4) is 0 Å².